The Hall–Kier alpha value is -3.57. The molecule has 2 heterocycles. The molecule has 0 saturated carbocycles. The summed E-state index contributed by atoms with van der Waals surface area (Å²) in [6, 6.07) is 16.2. The Balaban J connectivity index is 1.66. The fraction of sp³-hybridized carbons (Fsp3) is 0.429. The lowest BCUT2D eigenvalue weighted by atomic mass is 9.88. The zero-order valence-corrected chi connectivity index (χ0v) is 23.4. The first kappa shape index (κ1) is 28.4. The number of H-pyrrole nitrogens is 1. The molecule has 11 heteroatoms. The molecule has 0 aliphatic carbocycles. The number of hydrogen-bond acceptors (Lipinski definition) is 7. The Morgan fingerprint density at radius 2 is 1.79 bits per heavy atom. The topological polar surface area (TPSA) is 127 Å². The SMILES string of the molecule is CC(C)(C)OC(=O)N1CC[C@H](OS(C)(=O)=O)[C@H]1C(CNC(=O)OCc1ccccc1)c1c[nH]c2ccccc12. The predicted molar refractivity (Wildman–Crippen MR) is 147 cm³/mol. The zero-order chi connectivity index (χ0) is 28.2. The number of ether oxygens (including phenoxy) is 2. The van der Waals surface area contributed by atoms with Gasteiger partial charge in [0, 0.05) is 36.1 Å². The number of amides is 2. The van der Waals surface area contributed by atoms with Crippen molar-refractivity contribution in [1.82, 2.24) is 15.2 Å². The maximum atomic E-state index is 13.3. The molecule has 39 heavy (non-hydrogen) atoms. The van der Waals surface area contributed by atoms with Gasteiger partial charge < -0.3 is 24.7 Å². The van der Waals surface area contributed by atoms with Crippen molar-refractivity contribution < 1.29 is 31.7 Å². The molecule has 2 aromatic carbocycles. The van der Waals surface area contributed by atoms with Crippen LogP contribution in [0.15, 0.2) is 60.8 Å². The molecule has 1 aliphatic heterocycles. The molecule has 2 amide bonds. The van der Waals surface area contributed by atoms with E-state index in [1.54, 1.807) is 20.8 Å². The van der Waals surface area contributed by atoms with Gasteiger partial charge in [-0.3, -0.25) is 4.18 Å². The van der Waals surface area contributed by atoms with Gasteiger partial charge in [0.05, 0.1) is 18.4 Å². The molecule has 0 radical (unpaired) electrons. The molecule has 1 fully saturated rings. The average Bonchev–Trinajstić information content (AvgIpc) is 3.47. The summed E-state index contributed by atoms with van der Waals surface area (Å²) in [4.78, 5) is 30.7. The number of alkyl carbamates (subject to hydrolysis) is 1. The minimum absolute atomic E-state index is 0.0586. The van der Waals surface area contributed by atoms with Crippen LogP contribution in [-0.2, 0) is 30.4 Å². The lowest BCUT2D eigenvalue weighted by Crippen LogP contribution is -2.49. The summed E-state index contributed by atoms with van der Waals surface area (Å²) in [5.74, 6) is -0.549. The first-order valence-electron chi connectivity index (χ1n) is 12.8. The second-order valence-corrected chi connectivity index (χ2v) is 12.2. The third kappa shape index (κ3) is 7.51. The van der Waals surface area contributed by atoms with E-state index >= 15 is 0 Å². The standard InChI is InChI=1S/C28H35N3O7S/c1-28(2,3)37-27(33)31-15-14-24(38-39(4,34)35)25(31)22(21-16-29-23-13-9-8-12-20(21)23)17-30-26(32)36-18-19-10-6-5-7-11-19/h5-13,16,22,24-25,29H,14-15,17-18H2,1-4H3,(H,30,32)/t22?,24-,25+/m0/s1. The van der Waals surface area contributed by atoms with E-state index in [-0.39, 0.29) is 26.1 Å². The third-order valence-corrected chi connectivity index (χ3v) is 7.03. The molecule has 3 aromatic rings. The Labute approximate surface area is 228 Å². The first-order chi connectivity index (χ1) is 18.4. The van der Waals surface area contributed by atoms with Crippen LogP contribution in [0.5, 0.6) is 0 Å². The fourth-order valence-corrected chi connectivity index (χ4v) is 5.57. The lowest BCUT2D eigenvalue weighted by Gasteiger charge is -2.35. The molecule has 1 aromatic heterocycles. The van der Waals surface area contributed by atoms with Crippen molar-refractivity contribution in [2.75, 3.05) is 19.3 Å². The van der Waals surface area contributed by atoms with Gasteiger partial charge in [-0.2, -0.15) is 8.42 Å². The van der Waals surface area contributed by atoms with Gasteiger partial charge in [-0.15, -0.1) is 0 Å². The number of nitrogens with one attached hydrogen (secondary N) is 2. The van der Waals surface area contributed by atoms with E-state index in [9.17, 15) is 18.0 Å². The number of para-hydroxylation sites is 1. The van der Waals surface area contributed by atoms with Crippen LogP contribution in [0, 0.1) is 0 Å². The highest BCUT2D eigenvalue weighted by Crippen LogP contribution is 2.37. The van der Waals surface area contributed by atoms with E-state index in [0.717, 1.165) is 28.3 Å². The molecule has 4 rings (SSSR count). The number of hydrogen-bond donors (Lipinski definition) is 2. The number of nitrogens with zero attached hydrogens (tertiary/aromatic N) is 1. The Bertz CT molecular complexity index is 1400. The largest absolute Gasteiger partial charge is 0.445 e. The molecule has 0 bridgehead atoms. The molecule has 1 unspecified atom stereocenters. The van der Waals surface area contributed by atoms with Crippen LogP contribution in [0.25, 0.3) is 10.9 Å². The van der Waals surface area contributed by atoms with Gasteiger partial charge in [0.1, 0.15) is 12.2 Å². The van der Waals surface area contributed by atoms with Crippen molar-refractivity contribution in [2.24, 2.45) is 0 Å². The van der Waals surface area contributed by atoms with Crippen molar-refractivity contribution in [2.45, 2.75) is 57.5 Å². The van der Waals surface area contributed by atoms with Gasteiger partial charge in [-0.1, -0.05) is 48.5 Å². The third-order valence-electron chi connectivity index (χ3n) is 6.43. The van der Waals surface area contributed by atoms with Crippen molar-refractivity contribution in [3.8, 4) is 0 Å². The van der Waals surface area contributed by atoms with E-state index in [1.807, 2.05) is 60.8 Å². The highest BCUT2D eigenvalue weighted by molar-refractivity contribution is 7.86. The van der Waals surface area contributed by atoms with E-state index in [4.69, 9.17) is 13.7 Å². The molecule has 1 saturated heterocycles. The van der Waals surface area contributed by atoms with Crippen molar-refractivity contribution in [3.05, 3.63) is 71.9 Å². The normalized spacial score (nSPS) is 18.6. The number of fused-ring (bicyclic) bond motifs is 1. The quantitative estimate of drug-likeness (QED) is 0.390. The van der Waals surface area contributed by atoms with Crippen LogP contribution < -0.4 is 5.32 Å². The van der Waals surface area contributed by atoms with E-state index < -0.39 is 46.0 Å². The summed E-state index contributed by atoms with van der Waals surface area (Å²) in [5.41, 5.74) is 1.75. The highest BCUT2D eigenvalue weighted by atomic mass is 32.2. The number of aromatic amines is 1. The molecule has 210 valence electrons. The van der Waals surface area contributed by atoms with Crippen molar-refractivity contribution in [3.63, 3.8) is 0 Å². The second kappa shape index (κ2) is 11.7. The molecule has 3 atom stereocenters. The monoisotopic (exact) mass is 557 g/mol. The van der Waals surface area contributed by atoms with Crippen LogP contribution >= 0.6 is 0 Å². The number of likely N-dealkylation sites (tertiary alicyclic amines) is 1. The number of rotatable bonds is 8. The number of aromatic nitrogens is 1. The van der Waals surface area contributed by atoms with Crippen LogP contribution in [0.4, 0.5) is 9.59 Å². The van der Waals surface area contributed by atoms with Crippen LogP contribution in [0.2, 0.25) is 0 Å². The van der Waals surface area contributed by atoms with E-state index in [2.05, 4.69) is 10.3 Å². The van der Waals surface area contributed by atoms with Crippen LogP contribution in [0.1, 0.15) is 44.2 Å². The second-order valence-electron chi connectivity index (χ2n) is 10.6. The Morgan fingerprint density at radius 3 is 2.49 bits per heavy atom. The molecule has 2 N–H and O–H groups in total. The smallest absolute Gasteiger partial charge is 0.410 e. The number of carbonyl (C=O) groups excluding carboxylic acids is 2. The number of carbonyl (C=O) groups is 2. The highest BCUT2D eigenvalue weighted by Gasteiger charge is 2.46. The minimum atomic E-state index is -3.84. The van der Waals surface area contributed by atoms with Gasteiger partial charge in [0.15, 0.2) is 0 Å². The zero-order valence-electron chi connectivity index (χ0n) is 22.5. The summed E-state index contributed by atoms with van der Waals surface area (Å²) in [6.45, 7) is 5.68. The van der Waals surface area contributed by atoms with Crippen molar-refractivity contribution >= 4 is 33.2 Å². The van der Waals surface area contributed by atoms with Gasteiger partial charge >= 0.3 is 12.2 Å². The van der Waals surface area contributed by atoms with Gasteiger partial charge in [-0.25, -0.2) is 9.59 Å². The molecular weight excluding hydrogens is 522 g/mol. The van der Waals surface area contributed by atoms with Crippen LogP contribution in [0.3, 0.4) is 0 Å². The van der Waals surface area contributed by atoms with E-state index in [1.165, 1.54) is 4.90 Å². The molecule has 10 nitrogen and oxygen atoms in total. The summed E-state index contributed by atoms with van der Waals surface area (Å²) in [5, 5.41) is 3.70. The first-order valence-corrected chi connectivity index (χ1v) is 14.6. The lowest BCUT2D eigenvalue weighted by molar-refractivity contribution is 0.0141. The maximum absolute atomic E-state index is 13.3. The van der Waals surface area contributed by atoms with Gasteiger partial charge in [-0.05, 0) is 44.4 Å². The van der Waals surface area contributed by atoms with Crippen molar-refractivity contribution in [1.29, 1.82) is 0 Å². The minimum Gasteiger partial charge on any atom is -0.445 e. The average molecular weight is 558 g/mol. The van der Waals surface area contributed by atoms with Gasteiger partial charge in [0.2, 0.25) is 0 Å². The Kier molecular flexibility index (Phi) is 8.51. The Morgan fingerprint density at radius 1 is 1.10 bits per heavy atom. The fourth-order valence-electron chi connectivity index (χ4n) is 4.91. The molecule has 1 aliphatic rings. The number of benzene rings is 2. The predicted octanol–water partition coefficient (Wildman–Crippen LogP) is 4.53. The summed E-state index contributed by atoms with van der Waals surface area (Å²) < 4.78 is 40.9. The maximum Gasteiger partial charge on any atom is 0.410 e. The van der Waals surface area contributed by atoms with E-state index in [0.29, 0.717) is 0 Å². The summed E-state index contributed by atoms with van der Waals surface area (Å²) >= 11 is 0. The van der Waals surface area contributed by atoms with Crippen LogP contribution in [-0.4, -0.2) is 67.6 Å². The molecule has 0 spiro atoms. The van der Waals surface area contributed by atoms with Gasteiger partial charge in [0.25, 0.3) is 10.1 Å². The molecular formula is C28H35N3O7S. The summed E-state index contributed by atoms with van der Waals surface area (Å²) in [6.07, 6.45) is 1.03. The summed E-state index contributed by atoms with van der Waals surface area (Å²) in [7, 11) is -3.84.